The molecule has 1 aromatic carbocycles. The maximum Gasteiger partial charge on any atom is 0.161 e. The van der Waals surface area contributed by atoms with Gasteiger partial charge in [0.2, 0.25) is 0 Å². The number of nitrogens with one attached hydrogen (secondary N) is 1. The predicted octanol–water partition coefficient (Wildman–Crippen LogP) is 3.99. The standard InChI is InChI=1S/C16H24BrNO2/c1-10-5-6-14(11(10)2)18-9-12-7-15(19-3)16(20-4)8-13(12)17/h7-8,10-11,14,18H,5-6,9H2,1-4H3. The van der Waals surface area contributed by atoms with Crippen molar-refractivity contribution in [2.75, 3.05) is 14.2 Å². The SMILES string of the molecule is COc1cc(Br)c(CNC2CCC(C)C2C)cc1OC. The van der Waals surface area contributed by atoms with Gasteiger partial charge in [-0.3, -0.25) is 0 Å². The Kier molecular flexibility index (Phi) is 5.33. The van der Waals surface area contributed by atoms with Gasteiger partial charge in [-0.05, 0) is 42.4 Å². The van der Waals surface area contributed by atoms with E-state index in [9.17, 15) is 0 Å². The van der Waals surface area contributed by atoms with Crippen molar-refractivity contribution >= 4 is 15.9 Å². The Morgan fingerprint density at radius 2 is 1.80 bits per heavy atom. The van der Waals surface area contributed by atoms with E-state index in [1.807, 2.05) is 12.1 Å². The molecule has 0 amide bonds. The summed E-state index contributed by atoms with van der Waals surface area (Å²) in [5, 5.41) is 3.68. The number of hydrogen-bond acceptors (Lipinski definition) is 3. The summed E-state index contributed by atoms with van der Waals surface area (Å²) >= 11 is 3.61. The molecular weight excluding hydrogens is 318 g/mol. The van der Waals surface area contributed by atoms with Gasteiger partial charge >= 0.3 is 0 Å². The van der Waals surface area contributed by atoms with Crippen molar-refractivity contribution in [2.45, 2.75) is 39.3 Å². The van der Waals surface area contributed by atoms with Gasteiger partial charge in [0.25, 0.3) is 0 Å². The Labute approximate surface area is 130 Å². The van der Waals surface area contributed by atoms with Gasteiger partial charge in [-0.15, -0.1) is 0 Å². The summed E-state index contributed by atoms with van der Waals surface area (Å²) in [6, 6.07) is 4.63. The van der Waals surface area contributed by atoms with E-state index in [1.54, 1.807) is 14.2 Å². The average molecular weight is 342 g/mol. The molecule has 0 heterocycles. The van der Waals surface area contributed by atoms with Gasteiger partial charge < -0.3 is 14.8 Å². The van der Waals surface area contributed by atoms with Crippen LogP contribution in [0.1, 0.15) is 32.3 Å². The van der Waals surface area contributed by atoms with E-state index in [0.29, 0.717) is 6.04 Å². The smallest absolute Gasteiger partial charge is 0.161 e. The van der Waals surface area contributed by atoms with Gasteiger partial charge in [-0.1, -0.05) is 29.8 Å². The first-order valence-electron chi connectivity index (χ1n) is 7.20. The van der Waals surface area contributed by atoms with E-state index in [2.05, 4.69) is 35.1 Å². The van der Waals surface area contributed by atoms with Crippen molar-refractivity contribution in [1.29, 1.82) is 0 Å². The molecule has 0 aromatic heterocycles. The number of rotatable bonds is 5. The fourth-order valence-corrected chi connectivity index (χ4v) is 3.39. The largest absolute Gasteiger partial charge is 0.493 e. The van der Waals surface area contributed by atoms with Crippen LogP contribution in [0.15, 0.2) is 16.6 Å². The van der Waals surface area contributed by atoms with Crippen molar-refractivity contribution in [3.63, 3.8) is 0 Å². The number of halogens is 1. The molecule has 1 saturated carbocycles. The van der Waals surface area contributed by atoms with Crippen molar-refractivity contribution in [2.24, 2.45) is 11.8 Å². The Morgan fingerprint density at radius 3 is 2.35 bits per heavy atom. The molecule has 20 heavy (non-hydrogen) atoms. The zero-order chi connectivity index (χ0) is 14.7. The second-order valence-corrected chi connectivity index (χ2v) is 6.55. The minimum Gasteiger partial charge on any atom is -0.493 e. The van der Waals surface area contributed by atoms with Gasteiger partial charge in [0, 0.05) is 17.1 Å². The zero-order valence-corrected chi connectivity index (χ0v) is 14.3. The van der Waals surface area contributed by atoms with E-state index < -0.39 is 0 Å². The molecule has 112 valence electrons. The molecular formula is C16H24BrNO2. The molecule has 3 atom stereocenters. The van der Waals surface area contributed by atoms with Crippen LogP contribution in [0.5, 0.6) is 11.5 Å². The fourth-order valence-electron chi connectivity index (χ4n) is 2.93. The predicted molar refractivity (Wildman–Crippen MR) is 85.4 cm³/mol. The first kappa shape index (κ1) is 15.6. The number of ether oxygens (including phenoxy) is 2. The number of hydrogen-bond donors (Lipinski definition) is 1. The van der Waals surface area contributed by atoms with E-state index in [4.69, 9.17) is 9.47 Å². The van der Waals surface area contributed by atoms with Crippen molar-refractivity contribution < 1.29 is 9.47 Å². The normalized spacial score (nSPS) is 25.8. The summed E-state index contributed by atoms with van der Waals surface area (Å²) in [7, 11) is 3.33. The molecule has 4 heteroatoms. The van der Waals surface area contributed by atoms with E-state index >= 15 is 0 Å². The Balaban J connectivity index is 2.06. The van der Waals surface area contributed by atoms with E-state index in [0.717, 1.165) is 34.4 Å². The van der Waals surface area contributed by atoms with E-state index in [-0.39, 0.29) is 0 Å². The van der Waals surface area contributed by atoms with Crippen LogP contribution >= 0.6 is 15.9 Å². The lowest BCUT2D eigenvalue weighted by molar-refractivity contribution is 0.352. The molecule has 0 aliphatic heterocycles. The minimum atomic E-state index is 0.616. The van der Waals surface area contributed by atoms with Gasteiger partial charge in [0.05, 0.1) is 14.2 Å². The highest BCUT2D eigenvalue weighted by molar-refractivity contribution is 9.10. The van der Waals surface area contributed by atoms with Crippen molar-refractivity contribution in [1.82, 2.24) is 5.32 Å². The molecule has 0 saturated heterocycles. The van der Waals surface area contributed by atoms with Gasteiger partial charge in [-0.2, -0.15) is 0 Å². The van der Waals surface area contributed by atoms with Crippen LogP contribution in [0.3, 0.4) is 0 Å². The lowest BCUT2D eigenvalue weighted by Crippen LogP contribution is -2.32. The van der Waals surface area contributed by atoms with Crippen molar-refractivity contribution in [3.05, 3.63) is 22.2 Å². The second-order valence-electron chi connectivity index (χ2n) is 5.70. The van der Waals surface area contributed by atoms with Gasteiger partial charge in [-0.25, -0.2) is 0 Å². The Bertz CT molecular complexity index is 464. The highest BCUT2D eigenvalue weighted by Crippen LogP contribution is 2.34. The van der Waals surface area contributed by atoms with Crippen molar-refractivity contribution in [3.8, 4) is 11.5 Å². The van der Waals surface area contributed by atoms with Gasteiger partial charge in [0.1, 0.15) is 0 Å². The third-order valence-electron chi connectivity index (χ3n) is 4.57. The van der Waals surface area contributed by atoms with Crippen LogP contribution < -0.4 is 14.8 Å². The molecule has 1 N–H and O–H groups in total. The summed E-state index contributed by atoms with van der Waals surface area (Å²) in [5.74, 6) is 3.10. The Morgan fingerprint density at radius 1 is 1.15 bits per heavy atom. The van der Waals surface area contributed by atoms with Crippen LogP contribution in [0, 0.1) is 11.8 Å². The topological polar surface area (TPSA) is 30.5 Å². The van der Waals surface area contributed by atoms with Crippen LogP contribution in [-0.2, 0) is 6.54 Å². The Hall–Kier alpha value is -0.740. The zero-order valence-electron chi connectivity index (χ0n) is 12.7. The molecule has 1 aromatic rings. The summed E-state index contributed by atoms with van der Waals surface area (Å²) in [4.78, 5) is 0. The molecule has 0 spiro atoms. The lowest BCUT2D eigenvalue weighted by Gasteiger charge is -2.20. The molecule has 3 unspecified atom stereocenters. The summed E-state index contributed by atoms with van der Waals surface area (Å²) in [6.45, 7) is 5.54. The van der Waals surface area contributed by atoms with Crippen LogP contribution in [0.4, 0.5) is 0 Å². The summed E-state index contributed by atoms with van der Waals surface area (Å²) < 4.78 is 11.7. The van der Waals surface area contributed by atoms with Crippen LogP contribution in [0.2, 0.25) is 0 Å². The lowest BCUT2D eigenvalue weighted by atomic mass is 9.97. The molecule has 1 fully saturated rings. The highest BCUT2D eigenvalue weighted by Gasteiger charge is 2.29. The van der Waals surface area contributed by atoms with Gasteiger partial charge in [0.15, 0.2) is 11.5 Å². The summed E-state index contributed by atoms with van der Waals surface area (Å²) in [6.07, 6.45) is 2.60. The molecule has 1 aliphatic rings. The monoisotopic (exact) mass is 341 g/mol. The number of methoxy groups -OCH3 is 2. The van der Waals surface area contributed by atoms with Crippen LogP contribution in [0.25, 0.3) is 0 Å². The second kappa shape index (κ2) is 6.81. The number of benzene rings is 1. The first-order chi connectivity index (χ1) is 9.56. The molecule has 0 bridgehead atoms. The maximum atomic E-state index is 5.37. The quantitative estimate of drug-likeness (QED) is 0.878. The van der Waals surface area contributed by atoms with E-state index in [1.165, 1.54) is 18.4 Å². The third-order valence-corrected chi connectivity index (χ3v) is 5.31. The molecule has 2 rings (SSSR count). The minimum absolute atomic E-state index is 0.616. The molecule has 3 nitrogen and oxygen atoms in total. The third kappa shape index (κ3) is 3.29. The summed E-state index contributed by atoms with van der Waals surface area (Å²) in [5.41, 5.74) is 1.20. The maximum absolute atomic E-state index is 5.37. The average Bonchev–Trinajstić information content (AvgIpc) is 2.77. The highest BCUT2D eigenvalue weighted by atomic mass is 79.9. The van der Waals surface area contributed by atoms with Crippen LogP contribution in [-0.4, -0.2) is 20.3 Å². The molecule has 1 aliphatic carbocycles. The first-order valence-corrected chi connectivity index (χ1v) is 8.00. The fraction of sp³-hybridized carbons (Fsp3) is 0.625. The molecule has 0 radical (unpaired) electrons.